The molecule has 1 amide bonds. The highest BCUT2D eigenvalue weighted by Crippen LogP contribution is 2.28. The van der Waals surface area contributed by atoms with Crippen molar-refractivity contribution in [3.63, 3.8) is 0 Å². The van der Waals surface area contributed by atoms with E-state index < -0.39 is 0 Å². The highest BCUT2D eigenvalue weighted by atomic mass is 16.5. The van der Waals surface area contributed by atoms with Gasteiger partial charge < -0.3 is 19.6 Å². The van der Waals surface area contributed by atoms with Crippen molar-refractivity contribution in [3.05, 3.63) is 60.2 Å². The van der Waals surface area contributed by atoms with Crippen LogP contribution in [0.5, 0.6) is 0 Å². The van der Waals surface area contributed by atoms with Gasteiger partial charge in [0.25, 0.3) is 5.91 Å². The Morgan fingerprint density at radius 3 is 2.61 bits per heavy atom. The molecule has 158 valence electrons. The van der Waals surface area contributed by atoms with Crippen LogP contribution in [0.3, 0.4) is 0 Å². The lowest BCUT2D eigenvalue weighted by Gasteiger charge is -2.34. The van der Waals surface area contributed by atoms with Crippen LogP contribution < -0.4 is 10.2 Å². The summed E-state index contributed by atoms with van der Waals surface area (Å²) in [7, 11) is 2.15. The van der Waals surface area contributed by atoms with Gasteiger partial charge in [0, 0.05) is 61.2 Å². The summed E-state index contributed by atoms with van der Waals surface area (Å²) in [5.41, 5.74) is 4.25. The minimum absolute atomic E-state index is 0.212. The first kappa shape index (κ1) is 20.6. The fourth-order valence-corrected chi connectivity index (χ4v) is 3.60. The maximum absolute atomic E-state index is 12.2. The molecule has 0 unspecified atom stereocenters. The number of piperazine rings is 1. The first-order chi connectivity index (χ1) is 15.1. The molecule has 31 heavy (non-hydrogen) atoms. The number of benzene rings is 2. The molecule has 4 rings (SSSR count). The smallest absolute Gasteiger partial charge is 0.251 e. The lowest BCUT2D eigenvalue weighted by molar-refractivity contribution is 0.0954. The van der Waals surface area contributed by atoms with E-state index in [4.69, 9.17) is 9.78 Å². The Balaban J connectivity index is 1.46. The number of nitrogens with one attached hydrogen (secondary N) is 1. The van der Waals surface area contributed by atoms with Crippen molar-refractivity contribution in [3.8, 4) is 28.7 Å². The first-order valence-electron chi connectivity index (χ1n) is 10.4. The summed E-state index contributed by atoms with van der Waals surface area (Å²) in [6.07, 6.45) is 0.282. The second-order valence-electron chi connectivity index (χ2n) is 7.66. The van der Waals surface area contributed by atoms with Crippen molar-refractivity contribution in [1.29, 1.82) is 5.26 Å². The maximum atomic E-state index is 12.2. The molecular weight excluding hydrogens is 390 g/mol. The predicted octanol–water partition coefficient (Wildman–Crippen LogP) is 3.40. The fraction of sp³-hybridized carbons (Fsp3) is 0.292. The zero-order valence-corrected chi connectivity index (χ0v) is 17.5. The third-order valence-corrected chi connectivity index (χ3v) is 5.47. The molecule has 0 aliphatic carbocycles. The third-order valence-electron chi connectivity index (χ3n) is 5.47. The van der Waals surface area contributed by atoms with E-state index in [1.165, 1.54) is 5.69 Å². The first-order valence-corrected chi connectivity index (χ1v) is 10.4. The van der Waals surface area contributed by atoms with Gasteiger partial charge in [-0.3, -0.25) is 4.79 Å². The van der Waals surface area contributed by atoms with Crippen LogP contribution in [-0.2, 0) is 0 Å². The average molecular weight is 415 g/mol. The quantitative estimate of drug-likeness (QED) is 0.621. The van der Waals surface area contributed by atoms with E-state index in [1.807, 2.05) is 24.3 Å². The Bertz CT molecular complexity index is 1080. The Morgan fingerprint density at radius 2 is 1.87 bits per heavy atom. The molecule has 7 heteroatoms. The number of hydrogen-bond donors (Lipinski definition) is 1. The van der Waals surface area contributed by atoms with E-state index in [1.54, 1.807) is 12.1 Å². The van der Waals surface area contributed by atoms with E-state index in [0.717, 1.165) is 43.0 Å². The molecule has 0 spiro atoms. The summed E-state index contributed by atoms with van der Waals surface area (Å²) in [6.45, 7) is 4.54. The van der Waals surface area contributed by atoms with Crippen molar-refractivity contribution in [2.45, 2.75) is 6.42 Å². The summed E-state index contributed by atoms with van der Waals surface area (Å²) in [5, 5.41) is 15.6. The molecule has 2 aromatic carbocycles. The standard InChI is InChI=1S/C24H25N5O2/c1-28-12-14-29(15-13-28)21-8-6-18(7-9-21)22-17-23(31-27-22)19-4-2-5-20(16-19)24(30)26-11-3-10-25/h2,4-9,16-17H,3,11-15H2,1H3,(H,26,30). The van der Waals surface area contributed by atoms with Crippen LogP contribution in [-0.4, -0.2) is 55.7 Å². The topological polar surface area (TPSA) is 85.4 Å². The predicted molar refractivity (Wildman–Crippen MR) is 120 cm³/mol. The number of likely N-dealkylation sites (N-methyl/N-ethyl adjacent to an activating group) is 1. The lowest BCUT2D eigenvalue weighted by atomic mass is 10.1. The number of carbonyl (C=O) groups excluding carboxylic acids is 1. The van der Waals surface area contributed by atoms with E-state index in [0.29, 0.717) is 17.9 Å². The molecule has 0 saturated carbocycles. The van der Waals surface area contributed by atoms with E-state index >= 15 is 0 Å². The molecule has 0 radical (unpaired) electrons. The number of rotatable bonds is 6. The summed E-state index contributed by atoms with van der Waals surface area (Å²) in [4.78, 5) is 17.0. The van der Waals surface area contributed by atoms with Crippen LogP contribution in [0.15, 0.2) is 59.1 Å². The minimum atomic E-state index is -0.212. The number of nitrogens with zero attached hydrogens (tertiary/aromatic N) is 4. The number of nitriles is 1. The molecule has 1 N–H and O–H groups in total. The van der Waals surface area contributed by atoms with Crippen molar-refractivity contribution in [2.75, 3.05) is 44.7 Å². The van der Waals surface area contributed by atoms with Gasteiger partial charge in [-0.1, -0.05) is 29.4 Å². The zero-order valence-electron chi connectivity index (χ0n) is 17.5. The average Bonchev–Trinajstić information content (AvgIpc) is 3.30. The molecule has 1 aliphatic rings. The zero-order chi connectivity index (χ0) is 21.6. The van der Waals surface area contributed by atoms with Crippen LogP contribution in [0.2, 0.25) is 0 Å². The second kappa shape index (κ2) is 9.45. The second-order valence-corrected chi connectivity index (χ2v) is 7.66. The van der Waals surface area contributed by atoms with Gasteiger partial charge in [-0.2, -0.15) is 5.26 Å². The Hall–Kier alpha value is -3.63. The van der Waals surface area contributed by atoms with E-state index in [9.17, 15) is 4.79 Å². The molecule has 0 bridgehead atoms. The molecule has 7 nitrogen and oxygen atoms in total. The highest BCUT2D eigenvalue weighted by Gasteiger charge is 2.15. The van der Waals surface area contributed by atoms with Crippen LogP contribution in [0.25, 0.3) is 22.6 Å². The minimum Gasteiger partial charge on any atom is -0.369 e. The molecule has 0 atom stereocenters. The van der Waals surface area contributed by atoms with Crippen LogP contribution >= 0.6 is 0 Å². The summed E-state index contributed by atoms with van der Waals surface area (Å²) >= 11 is 0. The summed E-state index contributed by atoms with van der Waals surface area (Å²) < 4.78 is 5.56. The monoisotopic (exact) mass is 415 g/mol. The Kier molecular flexibility index (Phi) is 6.29. The van der Waals surface area contributed by atoms with Crippen molar-refractivity contribution in [1.82, 2.24) is 15.4 Å². The molecule has 1 saturated heterocycles. The van der Waals surface area contributed by atoms with Crippen molar-refractivity contribution < 1.29 is 9.32 Å². The van der Waals surface area contributed by atoms with Gasteiger partial charge in [-0.25, -0.2) is 0 Å². The van der Waals surface area contributed by atoms with Crippen molar-refractivity contribution in [2.24, 2.45) is 0 Å². The normalized spacial score (nSPS) is 14.3. The lowest BCUT2D eigenvalue weighted by Crippen LogP contribution is -2.44. The summed E-state index contributed by atoms with van der Waals surface area (Å²) in [5.74, 6) is 0.390. The van der Waals surface area contributed by atoms with Gasteiger partial charge in [0.2, 0.25) is 0 Å². The number of anilines is 1. The Labute approximate surface area is 181 Å². The Morgan fingerprint density at radius 1 is 1.10 bits per heavy atom. The van der Waals surface area contributed by atoms with Crippen molar-refractivity contribution >= 4 is 11.6 Å². The summed E-state index contributed by atoms with van der Waals surface area (Å²) in [6, 6.07) is 19.5. The molecule has 1 fully saturated rings. The van der Waals surface area contributed by atoms with Gasteiger partial charge in [0.15, 0.2) is 5.76 Å². The van der Waals surface area contributed by atoms with Gasteiger partial charge in [-0.15, -0.1) is 0 Å². The third kappa shape index (κ3) is 4.93. The highest BCUT2D eigenvalue weighted by molar-refractivity contribution is 5.95. The SMILES string of the molecule is CN1CCN(c2ccc(-c3cc(-c4cccc(C(=O)NCCC#N)c4)on3)cc2)CC1. The van der Waals surface area contributed by atoms with Gasteiger partial charge >= 0.3 is 0 Å². The van der Waals surface area contributed by atoms with Gasteiger partial charge in [0.05, 0.1) is 12.5 Å². The molecule has 3 aromatic rings. The van der Waals surface area contributed by atoms with Gasteiger partial charge in [0.1, 0.15) is 5.69 Å². The largest absolute Gasteiger partial charge is 0.369 e. The molecular formula is C24H25N5O2. The van der Waals surface area contributed by atoms with E-state index in [2.05, 4.69) is 51.6 Å². The number of aromatic nitrogens is 1. The number of hydrogen-bond acceptors (Lipinski definition) is 6. The van der Waals surface area contributed by atoms with Crippen LogP contribution in [0.4, 0.5) is 5.69 Å². The van der Waals surface area contributed by atoms with Gasteiger partial charge in [-0.05, 0) is 31.3 Å². The molecule has 1 aliphatic heterocycles. The molecule has 1 aromatic heterocycles. The number of amides is 1. The number of carbonyl (C=O) groups is 1. The fourth-order valence-electron chi connectivity index (χ4n) is 3.60. The molecule has 2 heterocycles. The van der Waals surface area contributed by atoms with E-state index in [-0.39, 0.29) is 12.3 Å². The van der Waals surface area contributed by atoms with Crippen LogP contribution in [0.1, 0.15) is 16.8 Å². The maximum Gasteiger partial charge on any atom is 0.251 e. The van der Waals surface area contributed by atoms with Crippen LogP contribution in [0, 0.1) is 11.3 Å².